The van der Waals surface area contributed by atoms with Gasteiger partial charge in [-0.15, -0.1) is 10.2 Å². The maximum atomic E-state index is 13.2. The second kappa shape index (κ2) is 8.24. The molecule has 0 radical (unpaired) electrons. The number of aromatic amines is 1. The predicted octanol–water partition coefficient (Wildman–Crippen LogP) is 3.67. The lowest BCUT2D eigenvalue weighted by molar-refractivity contribution is 0.319. The average molecular weight is 440 g/mol. The van der Waals surface area contributed by atoms with E-state index in [9.17, 15) is 9.18 Å². The number of aromatic nitrogens is 4. The van der Waals surface area contributed by atoms with Gasteiger partial charge in [0.2, 0.25) is 5.56 Å². The van der Waals surface area contributed by atoms with Crippen molar-refractivity contribution in [3.05, 3.63) is 64.3 Å². The van der Waals surface area contributed by atoms with Crippen LogP contribution in [0, 0.1) is 11.2 Å². The van der Waals surface area contributed by atoms with Crippen LogP contribution in [-0.4, -0.2) is 50.0 Å². The fourth-order valence-electron chi connectivity index (χ4n) is 4.83. The zero-order chi connectivity index (χ0) is 21.4. The third-order valence-corrected chi connectivity index (χ3v) is 7.76. The Kier molecular flexibility index (Phi) is 5.44. The molecule has 1 spiro atoms. The molecule has 2 aliphatic rings. The summed E-state index contributed by atoms with van der Waals surface area (Å²) in [6.07, 6.45) is 5.24. The summed E-state index contributed by atoms with van der Waals surface area (Å²) in [7, 11) is 1.95. The molecule has 162 valence electrons. The topological polar surface area (TPSA) is 66.8 Å². The van der Waals surface area contributed by atoms with E-state index in [1.165, 1.54) is 24.5 Å². The molecule has 2 atom stereocenters. The second-order valence-electron chi connectivity index (χ2n) is 8.71. The highest BCUT2D eigenvalue weighted by Crippen LogP contribution is 2.64. The van der Waals surface area contributed by atoms with Crippen LogP contribution < -0.4 is 5.56 Å². The van der Waals surface area contributed by atoms with Crippen molar-refractivity contribution in [1.29, 1.82) is 0 Å². The molecule has 1 saturated carbocycles. The van der Waals surface area contributed by atoms with Crippen LogP contribution in [0.1, 0.15) is 30.7 Å². The van der Waals surface area contributed by atoms with E-state index in [1.54, 1.807) is 36.2 Å². The molecule has 31 heavy (non-hydrogen) atoms. The molecule has 1 N–H and O–H groups in total. The van der Waals surface area contributed by atoms with E-state index in [0.717, 1.165) is 48.4 Å². The van der Waals surface area contributed by atoms with E-state index in [1.807, 2.05) is 23.7 Å². The number of H-pyrrole nitrogens is 1. The molecular weight excluding hydrogens is 413 g/mol. The van der Waals surface area contributed by atoms with E-state index in [0.29, 0.717) is 11.3 Å². The Morgan fingerprint density at radius 2 is 2.06 bits per heavy atom. The van der Waals surface area contributed by atoms with Crippen LogP contribution in [-0.2, 0) is 7.05 Å². The minimum absolute atomic E-state index is 0.126. The number of benzene rings is 1. The monoisotopic (exact) mass is 439 g/mol. The fraction of sp³-hybridized carbons (Fsp3) is 0.435. The second-order valence-corrected chi connectivity index (χ2v) is 9.77. The van der Waals surface area contributed by atoms with Crippen molar-refractivity contribution < 1.29 is 4.39 Å². The van der Waals surface area contributed by atoms with Crippen molar-refractivity contribution in [2.24, 2.45) is 12.5 Å². The van der Waals surface area contributed by atoms with Gasteiger partial charge in [-0.1, -0.05) is 23.9 Å². The molecule has 3 heterocycles. The first kappa shape index (κ1) is 20.5. The molecule has 1 unspecified atom stereocenters. The summed E-state index contributed by atoms with van der Waals surface area (Å²) in [6.45, 7) is 3.40. The number of hydrogen-bond donors (Lipinski definition) is 1. The summed E-state index contributed by atoms with van der Waals surface area (Å²) in [5.74, 6) is 2.18. The van der Waals surface area contributed by atoms with Crippen LogP contribution in [0.4, 0.5) is 4.39 Å². The summed E-state index contributed by atoms with van der Waals surface area (Å²) < 4.78 is 15.2. The SMILES string of the molecule is Cn1c(SCCCN2CC[C@]3(CC3c3ccc(F)cc3)C2)nnc1-c1ccc(=O)[nH]c1. The lowest BCUT2D eigenvalue weighted by atomic mass is 9.98. The molecule has 5 rings (SSSR count). The maximum Gasteiger partial charge on any atom is 0.247 e. The standard InChI is InChI=1S/C23H26FN5OS/c1-28-21(17-5-8-20(30)25-14-17)26-27-22(28)31-12-2-10-29-11-9-23(15-29)13-19(23)16-3-6-18(24)7-4-16/h3-8,14,19H,2,9-13,15H2,1H3,(H,25,30)/t19?,23-/m0/s1. The van der Waals surface area contributed by atoms with Gasteiger partial charge in [0.05, 0.1) is 0 Å². The first-order valence-corrected chi connectivity index (χ1v) is 11.7. The Morgan fingerprint density at radius 1 is 1.23 bits per heavy atom. The first-order valence-electron chi connectivity index (χ1n) is 10.7. The Bertz CT molecular complexity index is 1110. The molecule has 0 amide bonds. The van der Waals surface area contributed by atoms with Crippen LogP contribution in [0.3, 0.4) is 0 Å². The predicted molar refractivity (Wildman–Crippen MR) is 120 cm³/mol. The molecule has 1 aliphatic heterocycles. The number of hydrogen-bond acceptors (Lipinski definition) is 5. The third-order valence-electron chi connectivity index (χ3n) is 6.65. The average Bonchev–Trinajstić information content (AvgIpc) is 3.11. The van der Waals surface area contributed by atoms with Gasteiger partial charge in [0.25, 0.3) is 0 Å². The van der Waals surface area contributed by atoms with Crippen LogP contribution in [0.2, 0.25) is 0 Å². The number of halogens is 1. The van der Waals surface area contributed by atoms with E-state index < -0.39 is 0 Å². The fourth-order valence-corrected chi connectivity index (χ4v) is 5.67. The normalized spacial score (nSPS) is 23.0. The van der Waals surface area contributed by atoms with Crippen molar-refractivity contribution in [1.82, 2.24) is 24.6 Å². The van der Waals surface area contributed by atoms with Crippen molar-refractivity contribution in [3.63, 3.8) is 0 Å². The van der Waals surface area contributed by atoms with Crippen molar-refractivity contribution >= 4 is 11.8 Å². The van der Waals surface area contributed by atoms with E-state index >= 15 is 0 Å². The number of nitrogens with zero attached hydrogens (tertiary/aromatic N) is 4. The first-order chi connectivity index (χ1) is 15.0. The maximum absolute atomic E-state index is 13.2. The van der Waals surface area contributed by atoms with Gasteiger partial charge in [-0.3, -0.25) is 4.79 Å². The van der Waals surface area contributed by atoms with Crippen LogP contribution in [0.5, 0.6) is 0 Å². The molecule has 8 heteroatoms. The molecule has 2 fully saturated rings. The number of nitrogens with one attached hydrogen (secondary N) is 1. The van der Waals surface area contributed by atoms with Gasteiger partial charge in [-0.25, -0.2) is 4.39 Å². The zero-order valence-electron chi connectivity index (χ0n) is 17.6. The van der Waals surface area contributed by atoms with Gasteiger partial charge in [-0.05, 0) is 67.4 Å². The quantitative estimate of drug-likeness (QED) is 0.449. The summed E-state index contributed by atoms with van der Waals surface area (Å²) in [6, 6.07) is 10.3. The lowest BCUT2D eigenvalue weighted by Gasteiger charge is -2.16. The summed E-state index contributed by atoms with van der Waals surface area (Å²) in [4.78, 5) is 16.5. The number of pyridine rings is 1. The van der Waals surface area contributed by atoms with Gasteiger partial charge in [0, 0.05) is 37.2 Å². The van der Waals surface area contributed by atoms with Crippen molar-refractivity contribution in [2.75, 3.05) is 25.4 Å². The highest BCUT2D eigenvalue weighted by atomic mass is 32.2. The number of rotatable bonds is 7. The molecule has 3 aromatic rings. The minimum Gasteiger partial charge on any atom is -0.328 e. The number of likely N-dealkylation sites (tertiary alicyclic amines) is 1. The molecule has 1 aromatic carbocycles. The Labute approximate surface area is 184 Å². The van der Waals surface area contributed by atoms with Gasteiger partial charge >= 0.3 is 0 Å². The van der Waals surface area contributed by atoms with Crippen LogP contribution >= 0.6 is 11.8 Å². The largest absolute Gasteiger partial charge is 0.328 e. The Hall–Kier alpha value is -2.45. The molecule has 6 nitrogen and oxygen atoms in total. The highest BCUT2D eigenvalue weighted by Gasteiger charge is 2.57. The van der Waals surface area contributed by atoms with Gasteiger partial charge < -0.3 is 14.5 Å². The van der Waals surface area contributed by atoms with Crippen molar-refractivity contribution in [3.8, 4) is 11.4 Å². The van der Waals surface area contributed by atoms with Gasteiger partial charge in [0.1, 0.15) is 5.82 Å². The summed E-state index contributed by atoms with van der Waals surface area (Å²) in [5, 5.41) is 9.47. The number of thioether (sulfide) groups is 1. The Balaban J connectivity index is 1.09. The van der Waals surface area contributed by atoms with E-state index in [2.05, 4.69) is 20.1 Å². The van der Waals surface area contributed by atoms with Gasteiger partial charge in [-0.2, -0.15) is 0 Å². The van der Waals surface area contributed by atoms with E-state index in [-0.39, 0.29) is 11.4 Å². The molecule has 2 aromatic heterocycles. The third kappa shape index (κ3) is 4.19. The zero-order valence-corrected chi connectivity index (χ0v) is 18.4. The highest BCUT2D eigenvalue weighted by molar-refractivity contribution is 7.99. The molecular formula is C23H26FN5OS. The van der Waals surface area contributed by atoms with Crippen LogP contribution in [0.15, 0.2) is 52.5 Å². The lowest BCUT2D eigenvalue weighted by Crippen LogP contribution is -2.23. The van der Waals surface area contributed by atoms with Crippen LogP contribution in [0.25, 0.3) is 11.4 Å². The summed E-state index contributed by atoms with van der Waals surface area (Å²) >= 11 is 1.72. The van der Waals surface area contributed by atoms with Gasteiger partial charge in [0.15, 0.2) is 11.0 Å². The Morgan fingerprint density at radius 3 is 2.84 bits per heavy atom. The van der Waals surface area contributed by atoms with E-state index in [4.69, 9.17) is 0 Å². The molecule has 1 saturated heterocycles. The molecule has 0 bridgehead atoms. The van der Waals surface area contributed by atoms with Crippen molar-refractivity contribution in [2.45, 2.75) is 30.3 Å². The summed E-state index contributed by atoms with van der Waals surface area (Å²) in [5.41, 5.74) is 2.43. The molecule has 1 aliphatic carbocycles. The smallest absolute Gasteiger partial charge is 0.247 e. The minimum atomic E-state index is -0.155.